The van der Waals surface area contributed by atoms with Gasteiger partial charge in [-0.25, -0.2) is 8.42 Å². The van der Waals surface area contributed by atoms with Crippen molar-refractivity contribution in [2.45, 2.75) is 40.0 Å². The number of nitrogens with zero attached hydrogens (tertiary/aromatic N) is 1. The molecule has 0 radical (unpaired) electrons. The van der Waals surface area contributed by atoms with E-state index in [1.807, 2.05) is 19.9 Å². The van der Waals surface area contributed by atoms with Gasteiger partial charge in [0.15, 0.2) is 0 Å². The Morgan fingerprint density at radius 2 is 2.09 bits per heavy atom. The third-order valence-electron chi connectivity index (χ3n) is 3.73. The predicted octanol–water partition coefficient (Wildman–Crippen LogP) is 2.77. The van der Waals surface area contributed by atoms with Crippen LogP contribution in [0.2, 0.25) is 0 Å². The summed E-state index contributed by atoms with van der Waals surface area (Å²) in [6.45, 7) is 6.19. The lowest BCUT2D eigenvalue weighted by molar-refractivity contribution is -0.116. The Labute approximate surface area is 132 Å². The van der Waals surface area contributed by atoms with E-state index in [1.165, 1.54) is 4.31 Å². The summed E-state index contributed by atoms with van der Waals surface area (Å²) in [6, 6.07) is 5.47. The van der Waals surface area contributed by atoms with Crippen LogP contribution in [0.15, 0.2) is 18.2 Å². The fourth-order valence-electron chi connectivity index (χ4n) is 2.67. The molecule has 22 heavy (non-hydrogen) atoms. The molecule has 0 saturated heterocycles. The van der Waals surface area contributed by atoms with Crippen LogP contribution < -0.4 is 9.62 Å². The molecule has 0 aliphatic carbocycles. The third kappa shape index (κ3) is 3.80. The van der Waals surface area contributed by atoms with Gasteiger partial charge in [-0.05, 0) is 49.4 Å². The summed E-state index contributed by atoms with van der Waals surface area (Å²) >= 11 is 0. The molecular weight excluding hydrogens is 300 g/mol. The predicted molar refractivity (Wildman–Crippen MR) is 89.7 cm³/mol. The van der Waals surface area contributed by atoms with Crippen LogP contribution >= 0.6 is 0 Å². The van der Waals surface area contributed by atoms with Gasteiger partial charge < -0.3 is 5.32 Å². The van der Waals surface area contributed by atoms with Crippen molar-refractivity contribution in [3.05, 3.63) is 23.8 Å². The Hall–Kier alpha value is -1.56. The maximum absolute atomic E-state index is 12.2. The molecule has 0 saturated carbocycles. The first-order chi connectivity index (χ1) is 10.3. The van der Waals surface area contributed by atoms with E-state index in [2.05, 4.69) is 5.32 Å². The second kappa shape index (κ2) is 6.69. The van der Waals surface area contributed by atoms with Crippen molar-refractivity contribution in [1.82, 2.24) is 0 Å². The van der Waals surface area contributed by atoms with Crippen LogP contribution in [0.4, 0.5) is 11.4 Å². The van der Waals surface area contributed by atoms with Gasteiger partial charge in [0.1, 0.15) is 0 Å². The number of carbonyl (C=O) groups is 1. The van der Waals surface area contributed by atoms with Crippen molar-refractivity contribution >= 4 is 27.3 Å². The first-order valence-electron chi connectivity index (χ1n) is 7.76. The molecular formula is C16H24N2O3S. The maximum Gasteiger partial charge on any atom is 0.234 e. The SMILES string of the molecule is CCS(=O)(=O)N1CCCc2cc(NC(=O)CC(C)C)ccc21. The van der Waals surface area contributed by atoms with Gasteiger partial charge in [0, 0.05) is 18.7 Å². The van der Waals surface area contributed by atoms with Crippen LogP contribution in [0.1, 0.15) is 39.2 Å². The number of benzene rings is 1. The van der Waals surface area contributed by atoms with Crippen molar-refractivity contribution in [2.24, 2.45) is 5.92 Å². The molecule has 1 amide bonds. The van der Waals surface area contributed by atoms with Gasteiger partial charge in [0.2, 0.25) is 15.9 Å². The quantitative estimate of drug-likeness (QED) is 0.905. The zero-order valence-electron chi connectivity index (χ0n) is 13.4. The van der Waals surface area contributed by atoms with Crippen LogP contribution in [0, 0.1) is 5.92 Å². The molecule has 122 valence electrons. The summed E-state index contributed by atoms with van der Waals surface area (Å²) in [7, 11) is -3.24. The molecule has 1 N–H and O–H groups in total. The molecule has 0 atom stereocenters. The van der Waals surface area contributed by atoms with Crippen molar-refractivity contribution in [3.8, 4) is 0 Å². The Balaban J connectivity index is 2.23. The number of carbonyl (C=O) groups excluding carboxylic acids is 1. The number of rotatable bonds is 5. The molecule has 6 heteroatoms. The zero-order chi connectivity index (χ0) is 16.3. The van der Waals surface area contributed by atoms with Gasteiger partial charge in [0.25, 0.3) is 0 Å². The van der Waals surface area contributed by atoms with Crippen molar-refractivity contribution in [3.63, 3.8) is 0 Å². The summed E-state index contributed by atoms with van der Waals surface area (Å²) in [5.41, 5.74) is 2.46. The van der Waals surface area contributed by atoms with E-state index in [0.29, 0.717) is 18.9 Å². The molecule has 0 bridgehead atoms. The lowest BCUT2D eigenvalue weighted by Crippen LogP contribution is -2.36. The van der Waals surface area contributed by atoms with Crippen molar-refractivity contribution in [1.29, 1.82) is 0 Å². The maximum atomic E-state index is 12.2. The van der Waals surface area contributed by atoms with Gasteiger partial charge in [-0.15, -0.1) is 0 Å². The molecule has 0 unspecified atom stereocenters. The van der Waals surface area contributed by atoms with Crippen LogP contribution in [-0.4, -0.2) is 26.6 Å². The van der Waals surface area contributed by atoms with E-state index in [-0.39, 0.29) is 11.7 Å². The van der Waals surface area contributed by atoms with E-state index in [4.69, 9.17) is 0 Å². The highest BCUT2D eigenvalue weighted by Crippen LogP contribution is 2.31. The molecule has 5 nitrogen and oxygen atoms in total. The molecule has 0 aromatic heterocycles. The number of hydrogen-bond donors (Lipinski definition) is 1. The molecule has 1 aliphatic rings. The fraction of sp³-hybridized carbons (Fsp3) is 0.562. The molecule has 1 aromatic carbocycles. The van der Waals surface area contributed by atoms with Crippen molar-refractivity contribution in [2.75, 3.05) is 21.9 Å². The standard InChI is InChI=1S/C16H24N2O3S/c1-4-22(20,21)18-9-5-6-13-11-14(7-8-15(13)18)17-16(19)10-12(2)3/h7-8,11-12H,4-6,9-10H2,1-3H3,(H,17,19). The van der Waals surface area contributed by atoms with Gasteiger partial charge >= 0.3 is 0 Å². The molecule has 1 aliphatic heterocycles. The summed E-state index contributed by atoms with van der Waals surface area (Å²) < 4.78 is 25.8. The smallest absolute Gasteiger partial charge is 0.234 e. The molecule has 0 fully saturated rings. The Morgan fingerprint density at radius 3 is 2.73 bits per heavy atom. The second-order valence-corrected chi connectivity index (χ2v) is 8.25. The van der Waals surface area contributed by atoms with Gasteiger partial charge in [-0.1, -0.05) is 13.8 Å². The highest BCUT2D eigenvalue weighted by atomic mass is 32.2. The largest absolute Gasteiger partial charge is 0.326 e. The molecule has 1 aromatic rings. The van der Waals surface area contributed by atoms with E-state index in [0.717, 1.165) is 29.8 Å². The second-order valence-electron chi connectivity index (χ2n) is 6.07. The number of fused-ring (bicyclic) bond motifs is 1. The summed E-state index contributed by atoms with van der Waals surface area (Å²) in [4.78, 5) is 11.8. The number of anilines is 2. The monoisotopic (exact) mass is 324 g/mol. The minimum atomic E-state index is -3.24. The minimum absolute atomic E-state index is 0.0104. The molecule has 0 spiro atoms. The highest BCUT2D eigenvalue weighted by molar-refractivity contribution is 7.92. The van der Waals surface area contributed by atoms with E-state index in [1.54, 1.807) is 19.1 Å². The molecule has 1 heterocycles. The van der Waals surface area contributed by atoms with Gasteiger partial charge in [-0.3, -0.25) is 9.10 Å². The van der Waals surface area contributed by atoms with Crippen molar-refractivity contribution < 1.29 is 13.2 Å². The zero-order valence-corrected chi connectivity index (χ0v) is 14.2. The van der Waals surface area contributed by atoms with E-state index < -0.39 is 10.0 Å². The number of hydrogen-bond acceptors (Lipinski definition) is 3. The third-order valence-corrected chi connectivity index (χ3v) is 5.51. The Kier molecular flexibility index (Phi) is 5.11. The Bertz CT molecular complexity index is 653. The molecule has 2 rings (SSSR count). The van der Waals surface area contributed by atoms with E-state index in [9.17, 15) is 13.2 Å². The average molecular weight is 324 g/mol. The first-order valence-corrected chi connectivity index (χ1v) is 9.37. The van der Waals surface area contributed by atoms with E-state index >= 15 is 0 Å². The number of amides is 1. The summed E-state index contributed by atoms with van der Waals surface area (Å²) in [5.74, 6) is 0.394. The van der Waals surface area contributed by atoms with Crippen LogP contribution in [0.25, 0.3) is 0 Å². The summed E-state index contributed by atoms with van der Waals surface area (Å²) in [5, 5.41) is 2.88. The summed E-state index contributed by atoms with van der Waals surface area (Å²) in [6.07, 6.45) is 2.11. The number of sulfonamides is 1. The van der Waals surface area contributed by atoms with Crippen LogP contribution in [0.5, 0.6) is 0 Å². The average Bonchev–Trinajstić information content (AvgIpc) is 2.45. The van der Waals surface area contributed by atoms with Crippen LogP contribution in [-0.2, 0) is 21.2 Å². The lowest BCUT2D eigenvalue weighted by atomic mass is 10.0. The highest BCUT2D eigenvalue weighted by Gasteiger charge is 2.26. The van der Waals surface area contributed by atoms with Gasteiger partial charge in [0.05, 0.1) is 11.4 Å². The minimum Gasteiger partial charge on any atom is -0.326 e. The van der Waals surface area contributed by atoms with Gasteiger partial charge in [-0.2, -0.15) is 0 Å². The topological polar surface area (TPSA) is 66.5 Å². The lowest BCUT2D eigenvalue weighted by Gasteiger charge is -2.30. The first kappa shape index (κ1) is 16.8. The van der Waals surface area contributed by atoms with Crippen LogP contribution in [0.3, 0.4) is 0 Å². The number of nitrogens with one attached hydrogen (secondary N) is 1. The Morgan fingerprint density at radius 1 is 1.36 bits per heavy atom. The normalized spacial score (nSPS) is 14.8. The fourth-order valence-corrected chi connectivity index (χ4v) is 3.86. The number of aryl methyl sites for hydroxylation is 1.